The van der Waals surface area contributed by atoms with Gasteiger partial charge < -0.3 is 0 Å². The first kappa shape index (κ1) is 12.4. The van der Waals surface area contributed by atoms with E-state index in [4.69, 9.17) is 16.3 Å². The summed E-state index contributed by atoms with van der Waals surface area (Å²) in [5.41, 5.74) is 17.6. The Morgan fingerprint density at radius 3 is 2.35 bits per heavy atom. The molecule has 0 aromatic heterocycles. The summed E-state index contributed by atoms with van der Waals surface area (Å²) in [7, 11) is 0. The van der Waals surface area contributed by atoms with Gasteiger partial charge in [-0.3, -0.25) is 0 Å². The second-order valence-corrected chi connectivity index (χ2v) is 3.22. The number of hydrogen-bond acceptors (Lipinski definition) is 3. The van der Waals surface area contributed by atoms with Crippen LogP contribution < -0.4 is 0 Å². The van der Waals surface area contributed by atoms with E-state index in [0.29, 0.717) is 0 Å². The Kier molecular flexibility index (Phi) is 4.92. The van der Waals surface area contributed by atoms with Crippen LogP contribution in [0, 0.1) is 11.3 Å². The van der Waals surface area contributed by atoms with Gasteiger partial charge in [0.25, 0.3) is 0 Å². The van der Waals surface area contributed by atoms with E-state index in [-0.39, 0.29) is 6.42 Å². The molecule has 0 aliphatic rings. The lowest BCUT2D eigenvalue weighted by Gasteiger charge is -2.11. The predicted octanol–water partition coefficient (Wildman–Crippen LogP) is 3.63. The number of hydrogen-bond donors (Lipinski definition) is 0. The maximum absolute atomic E-state index is 8.77. The number of azide groups is 2. The maximum atomic E-state index is 8.77. The van der Waals surface area contributed by atoms with Gasteiger partial charge in [-0.2, -0.15) is 5.26 Å². The summed E-state index contributed by atoms with van der Waals surface area (Å²) in [4.78, 5) is 5.32. The molecule has 0 N–H and O–H groups in total. The average Bonchev–Trinajstić information content (AvgIpc) is 2.38. The van der Waals surface area contributed by atoms with Crippen molar-refractivity contribution in [1.29, 1.82) is 5.26 Å². The SMILES string of the molecule is N#CC(CC(N=[N+]=[N-])c1ccccc1)N=[N+]=[N-]. The van der Waals surface area contributed by atoms with Gasteiger partial charge in [-0.15, -0.1) is 0 Å². The highest BCUT2D eigenvalue weighted by molar-refractivity contribution is 5.20. The molecule has 1 aromatic rings. The quantitative estimate of drug-likeness (QED) is 0.425. The first-order chi connectivity index (χ1) is 8.31. The van der Waals surface area contributed by atoms with Gasteiger partial charge in [0, 0.05) is 9.82 Å². The molecule has 2 atom stereocenters. The third-order valence-electron chi connectivity index (χ3n) is 2.16. The molecule has 0 heterocycles. The minimum absolute atomic E-state index is 0.175. The van der Waals surface area contributed by atoms with Crippen LogP contribution in [-0.4, -0.2) is 6.04 Å². The Labute approximate surface area is 97.6 Å². The number of nitrogens with zero attached hydrogens (tertiary/aromatic N) is 7. The van der Waals surface area contributed by atoms with Gasteiger partial charge in [-0.25, -0.2) is 0 Å². The van der Waals surface area contributed by atoms with Gasteiger partial charge in [0.15, 0.2) is 0 Å². The standard InChI is InChI=1S/C10H9N7/c11-7-9(14-16-12)6-10(15-17-13)8-4-2-1-3-5-8/h1-5,9-10H,6H2. The van der Waals surface area contributed by atoms with E-state index in [0.717, 1.165) is 5.56 Å². The molecule has 84 valence electrons. The zero-order chi connectivity index (χ0) is 12.5. The molecule has 17 heavy (non-hydrogen) atoms. The van der Waals surface area contributed by atoms with Crippen LogP contribution in [0.15, 0.2) is 40.6 Å². The molecule has 0 aliphatic carbocycles. The summed E-state index contributed by atoms with van der Waals surface area (Å²) >= 11 is 0. The third kappa shape index (κ3) is 3.76. The van der Waals surface area contributed by atoms with Crippen LogP contribution >= 0.6 is 0 Å². The molecule has 7 heteroatoms. The summed E-state index contributed by atoms with van der Waals surface area (Å²) in [5.74, 6) is 0. The zero-order valence-corrected chi connectivity index (χ0v) is 8.88. The van der Waals surface area contributed by atoms with Crippen LogP contribution in [0.25, 0.3) is 20.9 Å². The van der Waals surface area contributed by atoms with E-state index in [1.165, 1.54) is 0 Å². The highest BCUT2D eigenvalue weighted by Gasteiger charge is 2.15. The van der Waals surface area contributed by atoms with Crippen molar-refractivity contribution in [2.45, 2.75) is 18.5 Å². The van der Waals surface area contributed by atoms with E-state index in [2.05, 4.69) is 20.1 Å². The Morgan fingerprint density at radius 2 is 1.82 bits per heavy atom. The van der Waals surface area contributed by atoms with Gasteiger partial charge in [-0.1, -0.05) is 40.6 Å². The summed E-state index contributed by atoms with van der Waals surface area (Å²) in [6.07, 6.45) is 0.175. The van der Waals surface area contributed by atoms with E-state index in [1.54, 1.807) is 12.1 Å². The fourth-order valence-electron chi connectivity index (χ4n) is 1.39. The molecule has 0 radical (unpaired) electrons. The molecule has 0 spiro atoms. The van der Waals surface area contributed by atoms with E-state index >= 15 is 0 Å². The van der Waals surface area contributed by atoms with E-state index in [1.807, 2.05) is 24.3 Å². The van der Waals surface area contributed by atoms with Crippen molar-refractivity contribution < 1.29 is 0 Å². The maximum Gasteiger partial charge on any atom is 0.125 e. The molecule has 0 saturated carbocycles. The lowest BCUT2D eigenvalue weighted by molar-refractivity contribution is 0.602. The lowest BCUT2D eigenvalue weighted by atomic mass is 10.0. The summed E-state index contributed by atoms with van der Waals surface area (Å²) in [6, 6.07) is 9.57. The van der Waals surface area contributed by atoms with Crippen LogP contribution in [0.5, 0.6) is 0 Å². The van der Waals surface area contributed by atoms with E-state index < -0.39 is 12.1 Å². The Balaban J connectivity index is 2.92. The predicted molar refractivity (Wildman–Crippen MR) is 61.5 cm³/mol. The van der Waals surface area contributed by atoms with Crippen molar-refractivity contribution >= 4 is 0 Å². The largest absolute Gasteiger partial charge is 0.198 e. The highest BCUT2D eigenvalue weighted by Crippen LogP contribution is 2.23. The fraction of sp³-hybridized carbons (Fsp3) is 0.300. The van der Waals surface area contributed by atoms with Crippen molar-refractivity contribution in [3.63, 3.8) is 0 Å². The second kappa shape index (κ2) is 6.75. The van der Waals surface area contributed by atoms with Gasteiger partial charge in [-0.05, 0) is 23.0 Å². The number of rotatable bonds is 5. The summed E-state index contributed by atoms with van der Waals surface area (Å²) < 4.78 is 0. The van der Waals surface area contributed by atoms with Gasteiger partial charge in [0.05, 0.1) is 12.1 Å². The molecule has 0 bridgehead atoms. The first-order valence-corrected chi connectivity index (χ1v) is 4.84. The van der Waals surface area contributed by atoms with Crippen molar-refractivity contribution in [2.24, 2.45) is 10.2 Å². The zero-order valence-electron chi connectivity index (χ0n) is 8.88. The van der Waals surface area contributed by atoms with Crippen molar-refractivity contribution in [3.8, 4) is 6.07 Å². The Morgan fingerprint density at radius 1 is 1.18 bits per heavy atom. The van der Waals surface area contributed by atoms with Crippen molar-refractivity contribution in [3.05, 3.63) is 56.8 Å². The van der Waals surface area contributed by atoms with Crippen LogP contribution in [0.3, 0.4) is 0 Å². The molecule has 1 aromatic carbocycles. The molecule has 0 saturated heterocycles. The van der Waals surface area contributed by atoms with Crippen molar-refractivity contribution in [1.82, 2.24) is 0 Å². The highest BCUT2D eigenvalue weighted by atomic mass is 15.2. The molecule has 1 rings (SSSR count). The van der Waals surface area contributed by atoms with Crippen molar-refractivity contribution in [2.75, 3.05) is 0 Å². The Hall–Kier alpha value is -2.67. The Bertz CT molecular complexity index is 491. The average molecular weight is 227 g/mol. The molecular weight excluding hydrogens is 218 g/mol. The molecule has 0 fully saturated rings. The molecule has 0 amide bonds. The number of nitriles is 1. The smallest absolute Gasteiger partial charge is 0.125 e. The summed E-state index contributed by atoms with van der Waals surface area (Å²) in [6.45, 7) is 0. The van der Waals surface area contributed by atoms with Gasteiger partial charge >= 0.3 is 0 Å². The summed E-state index contributed by atoms with van der Waals surface area (Å²) in [5, 5.41) is 15.7. The first-order valence-electron chi connectivity index (χ1n) is 4.84. The minimum atomic E-state index is -0.837. The van der Waals surface area contributed by atoms with E-state index in [9.17, 15) is 0 Å². The normalized spacial score (nSPS) is 12.4. The topological polar surface area (TPSA) is 121 Å². The minimum Gasteiger partial charge on any atom is -0.198 e. The van der Waals surface area contributed by atoms with Crippen LogP contribution in [0.4, 0.5) is 0 Å². The van der Waals surface area contributed by atoms with Crippen LogP contribution in [-0.2, 0) is 0 Å². The van der Waals surface area contributed by atoms with Gasteiger partial charge in [0.1, 0.15) is 6.04 Å². The molecule has 0 aliphatic heterocycles. The van der Waals surface area contributed by atoms with Gasteiger partial charge in [0.2, 0.25) is 0 Å². The van der Waals surface area contributed by atoms with Crippen LogP contribution in [0.1, 0.15) is 18.0 Å². The fourth-order valence-corrected chi connectivity index (χ4v) is 1.39. The van der Waals surface area contributed by atoms with Crippen LogP contribution in [0.2, 0.25) is 0 Å². The molecular formula is C10H9N7. The third-order valence-corrected chi connectivity index (χ3v) is 2.16. The monoisotopic (exact) mass is 227 g/mol. The molecule has 7 nitrogen and oxygen atoms in total. The molecule has 2 unspecified atom stereocenters. The second-order valence-electron chi connectivity index (χ2n) is 3.22. The lowest BCUT2D eigenvalue weighted by Crippen LogP contribution is -2.06. The number of benzene rings is 1.